The van der Waals surface area contributed by atoms with E-state index in [0.29, 0.717) is 28.6 Å². The summed E-state index contributed by atoms with van der Waals surface area (Å²) in [6.07, 6.45) is 2.09. The van der Waals surface area contributed by atoms with Crippen LogP contribution < -0.4 is 11.0 Å². The molecule has 0 unspecified atom stereocenters. The first-order valence-corrected chi connectivity index (χ1v) is 7.90. The van der Waals surface area contributed by atoms with E-state index >= 15 is 0 Å². The number of hydrogen-bond donors (Lipinski definition) is 1. The first kappa shape index (κ1) is 15.7. The van der Waals surface area contributed by atoms with Crippen LogP contribution in [0.3, 0.4) is 0 Å². The molecule has 0 spiro atoms. The fourth-order valence-electron chi connectivity index (χ4n) is 2.74. The molecule has 5 nitrogen and oxygen atoms in total. The van der Waals surface area contributed by atoms with Crippen LogP contribution in [-0.4, -0.2) is 22.0 Å². The number of rotatable bonds is 2. The van der Waals surface area contributed by atoms with Gasteiger partial charge in [0.25, 0.3) is 11.5 Å². The number of pyridine rings is 1. The highest BCUT2D eigenvalue weighted by atomic mass is 79.9. The quantitative estimate of drug-likeness (QED) is 0.872. The van der Waals surface area contributed by atoms with Crippen LogP contribution in [0.1, 0.15) is 21.5 Å². The molecule has 2 heterocycles. The minimum atomic E-state index is -0.449. The van der Waals surface area contributed by atoms with Crippen molar-refractivity contribution in [3.63, 3.8) is 0 Å². The monoisotopic (exact) mass is 379 g/mol. The summed E-state index contributed by atoms with van der Waals surface area (Å²) >= 11 is 3.20. The zero-order valence-corrected chi connectivity index (χ0v) is 14.3. The molecule has 0 atom stereocenters. The Kier molecular flexibility index (Phi) is 3.97. The number of amides is 1. The van der Waals surface area contributed by atoms with Gasteiger partial charge in [-0.15, -0.1) is 0 Å². The molecule has 3 rings (SSSR count). The summed E-state index contributed by atoms with van der Waals surface area (Å²) in [5, 5.41) is 1.37. The lowest BCUT2D eigenvalue weighted by molar-refractivity contribution is 0.0777. The van der Waals surface area contributed by atoms with Crippen molar-refractivity contribution in [3.05, 3.63) is 61.7 Å². The van der Waals surface area contributed by atoms with Crippen molar-refractivity contribution in [1.29, 1.82) is 0 Å². The Bertz CT molecular complexity index is 863. The van der Waals surface area contributed by atoms with E-state index in [1.807, 2.05) is 0 Å². The third-order valence-electron chi connectivity index (χ3n) is 3.99. The molecule has 7 heteroatoms. The van der Waals surface area contributed by atoms with E-state index in [1.165, 1.54) is 15.6 Å². The Balaban J connectivity index is 1.94. The molecule has 0 saturated carbocycles. The van der Waals surface area contributed by atoms with Crippen molar-refractivity contribution in [1.82, 2.24) is 9.58 Å². The molecule has 1 aliphatic heterocycles. The summed E-state index contributed by atoms with van der Waals surface area (Å²) in [7, 11) is 1.61. The topological polar surface area (TPSA) is 54.3 Å². The summed E-state index contributed by atoms with van der Waals surface area (Å²) in [6, 6.07) is 4.59. The minimum Gasteiger partial charge on any atom is -0.318 e. The number of aryl methyl sites for hydroxylation is 1. The van der Waals surface area contributed by atoms with Gasteiger partial charge in [0.1, 0.15) is 5.82 Å². The summed E-state index contributed by atoms with van der Waals surface area (Å²) < 4.78 is 16.0. The smallest absolute Gasteiger partial charge is 0.273 e. The Morgan fingerprint density at radius 3 is 2.74 bits per heavy atom. The van der Waals surface area contributed by atoms with Crippen LogP contribution in [0.5, 0.6) is 0 Å². The molecule has 1 N–H and O–H groups in total. The second kappa shape index (κ2) is 5.81. The van der Waals surface area contributed by atoms with Gasteiger partial charge < -0.3 is 4.57 Å². The van der Waals surface area contributed by atoms with E-state index in [1.54, 1.807) is 32.3 Å². The Labute approximate surface area is 140 Å². The number of fused-ring (bicyclic) bond motifs is 1. The average molecular weight is 380 g/mol. The summed E-state index contributed by atoms with van der Waals surface area (Å²) in [4.78, 5) is 24.6. The maximum absolute atomic E-state index is 13.9. The Hall–Kier alpha value is -2.15. The van der Waals surface area contributed by atoms with Gasteiger partial charge in [0, 0.05) is 29.8 Å². The zero-order valence-electron chi connectivity index (χ0n) is 12.7. The van der Waals surface area contributed by atoms with Crippen molar-refractivity contribution in [3.8, 4) is 0 Å². The number of hydrogen-bond acceptors (Lipinski definition) is 3. The van der Waals surface area contributed by atoms with Crippen LogP contribution in [0.2, 0.25) is 0 Å². The number of carbonyl (C=O) groups excluding carboxylic acids is 1. The first-order valence-electron chi connectivity index (χ1n) is 7.11. The lowest BCUT2D eigenvalue weighted by atomic mass is 9.98. The molecule has 2 aromatic rings. The van der Waals surface area contributed by atoms with Crippen LogP contribution in [0.25, 0.3) is 0 Å². The number of hydrazine groups is 1. The lowest BCUT2D eigenvalue weighted by Gasteiger charge is -2.30. The molecular weight excluding hydrogens is 365 g/mol. The van der Waals surface area contributed by atoms with Gasteiger partial charge >= 0.3 is 0 Å². The second-order valence-electron chi connectivity index (χ2n) is 5.51. The maximum atomic E-state index is 13.9. The molecule has 1 aromatic carbocycles. The normalized spacial score (nSPS) is 13.9. The van der Waals surface area contributed by atoms with Crippen molar-refractivity contribution < 1.29 is 9.18 Å². The molecule has 1 aliphatic rings. The Morgan fingerprint density at radius 2 is 2.04 bits per heavy atom. The molecule has 23 heavy (non-hydrogen) atoms. The fraction of sp³-hybridized carbons (Fsp3) is 0.250. The number of anilines is 1. The molecule has 0 saturated heterocycles. The van der Waals surface area contributed by atoms with Crippen LogP contribution in [0, 0.1) is 12.7 Å². The number of benzene rings is 1. The summed E-state index contributed by atoms with van der Waals surface area (Å²) in [6.45, 7) is 2.10. The number of carbonyl (C=O) groups is 1. The van der Waals surface area contributed by atoms with Gasteiger partial charge in [-0.25, -0.2) is 4.39 Å². The minimum absolute atomic E-state index is 0.100. The van der Waals surface area contributed by atoms with Crippen molar-refractivity contribution in [2.45, 2.75) is 13.3 Å². The van der Waals surface area contributed by atoms with Crippen molar-refractivity contribution >= 4 is 27.5 Å². The molecule has 0 bridgehead atoms. The largest absolute Gasteiger partial charge is 0.318 e. The van der Waals surface area contributed by atoms with E-state index in [2.05, 4.69) is 21.4 Å². The van der Waals surface area contributed by atoms with Crippen LogP contribution >= 0.6 is 15.9 Å². The van der Waals surface area contributed by atoms with Crippen molar-refractivity contribution in [2.24, 2.45) is 7.05 Å². The predicted octanol–water partition coefficient (Wildman–Crippen LogP) is 2.62. The molecule has 1 aromatic heterocycles. The molecule has 120 valence electrons. The number of halogens is 2. The number of nitrogens with one attached hydrogen (secondary N) is 1. The van der Waals surface area contributed by atoms with Gasteiger partial charge in [-0.05, 0) is 37.1 Å². The van der Waals surface area contributed by atoms with E-state index in [4.69, 9.17) is 0 Å². The van der Waals surface area contributed by atoms with Gasteiger partial charge in [0.05, 0.1) is 11.3 Å². The third-order valence-corrected chi connectivity index (χ3v) is 4.48. The van der Waals surface area contributed by atoms with E-state index in [9.17, 15) is 14.0 Å². The van der Waals surface area contributed by atoms with E-state index in [0.717, 1.165) is 5.56 Å². The SMILES string of the molecule is Cc1c2c(cn(C)c1=O)C(=O)N(Nc1ccc(Br)cc1F)CC2. The lowest BCUT2D eigenvalue weighted by Crippen LogP contribution is -2.43. The highest BCUT2D eigenvalue weighted by Gasteiger charge is 2.27. The van der Waals surface area contributed by atoms with Crippen LogP contribution in [0.15, 0.2) is 33.7 Å². The highest BCUT2D eigenvalue weighted by molar-refractivity contribution is 9.10. The third kappa shape index (κ3) is 2.76. The predicted molar refractivity (Wildman–Crippen MR) is 88.9 cm³/mol. The van der Waals surface area contributed by atoms with Gasteiger partial charge in [-0.3, -0.25) is 20.0 Å². The molecule has 0 radical (unpaired) electrons. The fourth-order valence-corrected chi connectivity index (χ4v) is 3.07. The Morgan fingerprint density at radius 1 is 1.30 bits per heavy atom. The zero-order chi connectivity index (χ0) is 16.7. The first-order chi connectivity index (χ1) is 10.9. The summed E-state index contributed by atoms with van der Waals surface area (Å²) in [5.41, 5.74) is 4.78. The second-order valence-corrected chi connectivity index (χ2v) is 6.42. The molecule has 1 amide bonds. The highest BCUT2D eigenvalue weighted by Crippen LogP contribution is 2.23. The van der Waals surface area contributed by atoms with E-state index < -0.39 is 5.82 Å². The number of nitrogens with zero attached hydrogens (tertiary/aromatic N) is 2. The van der Waals surface area contributed by atoms with Crippen LogP contribution in [-0.2, 0) is 13.5 Å². The molecular formula is C16H15BrFN3O2. The maximum Gasteiger partial charge on any atom is 0.273 e. The average Bonchev–Trinajstić information content (AvgIpc) is 2.51. The standard InChI is InChI=1S/C16H15BrFN3O2/c1-9-11-5-6-21(16(23)12(11)8-20(2)15(9)22)19-14-4-3-10(17)7-13(14)18/h3-4,7-8,19H,5-6H2,1-2H3. The van der Waals surface area contributed by atoms with Crippen molar-refractivity contribution in [2.75, 3.05) is 12.0 Å². The molecule has 0 fully saturated rings. The van der Waals surface area contributed by atoms with Gasteiger partial charge in [0.15, 0.2) is 0 Å². The molecule has 0 aliphatic carbocycles. The van der Waals surface area contributed by atoms with Crippen LogP contribution in [0.4, 0.5) is 10.1 Å². The van der Waals surface area contributed by atoms with Gasteiger partial charge in [-0.2, -0.15) is 0 Å². The van der Waals surface area contributed by atoms with Gasteiger partial charge in [-0.1, -0.05) is 15.9 Å². The summed E-state index contributed by atoms with van der Waals surface area (Å²) in [5.74, 6) is -0.720. The van der Waals surface area contributed by atoms with E-state index in [-0.39, 0.29) is 17.2 Å². The number of aromatic nitrogens is 1. The van der Waals surface area contributed by atoms with Gasteiger partial charge in [0.2, 0.25) is 0 Å².